The average molecular weight is 459 g/mol. The van der Waals surface area contributed by atoms with Gasteiger partial charge in [-0.25, -0.2) is 4.83 Å². The summed E-state index contributed by atoms with van der Waals surface area (Å²) >= 11 is 6.01. The molecule has 0 aliphatic heterocycles. The second-order valence-electron chi connectivity index (χ2n) is 6.72. The standard InChI is InChI=1S/C23H23ClN2O4S/c1-3-29-23-14-18(9-12-22(23)30-16-19-5-4-6-20(24)13-19)15-25-26-31(27,28)21-10-7-17(2)8-11-21/h4-15,26H,3,16H2,1-2H3/b25-15-. The zero-order chi connectivity index (χ0) is 22.3. The monoisotopic (exact) mass is 458 g/mol. The summed E-state index contributed by atoms with van der Waals surface area (Å²) in [6.45, 7) is 4.55. The third-order valence-corrected chi connectivity index (χ3v) is 5.74. The molecule has 0 aliphatic rings. The van der Waals surface area contributed by atoms with Crippen molar-refractivity contribution in [2.45, 2.75) is 25.3 Å². The largest absolute Gasteiger partial charge is 0.490 e. The van der Waals surface area contributed by atoms with Crippen LogP contribution < -0.4 is 14.3 Å². The van der Waals surface area contributed by atoms with Gasteiger partial charge in [-0.2, -0.15) is 13.5 Å². The van der Waals surface area contributed by atoms with Gasteiger partial charge < -0.3 is 9.47 Å². The fraction of sp³-hybridized carbons (Fsp3) is 0.174. The lowest BCUT2D eigenvalue weighted by atomic mass is 10.2. The van der Waals surface area contributed by atoms with Gasteiger partial charge in [-0.15, -0.1) is 0 Å². The highest BCUT2D eigenvalue weighted by Crippen LogP contribution is 2.29. The van der Waals surface area contributed by atoms with Gasteiger partial charge >= 0.3 is 0 Å². The van der Waals surface area contributed by atoms with Gasteiger partial charge in [-0.05, 0) is 67.4 Å². The minimum absolute atomic E-state index is 0.148. The van der Waals surface area contributed by atoms with E-state index in [1.807, 2.05) is 32.0 Å². The van der Waals surface area contributed by atoms with Crippen molar-refractivity contribution in [3.8, 4) is 11.5 Å². The Hall–Kier alpha value is -3.03. The van der Waals surface area contributed by atoms with Gasteiger partial charge in [0.1, 0.15) is 6.61 Å². The van der Waals surface area contributed by atoms with E-state index in [1.165, 1.54) is 18.3 Å². The van der Waals surface area contributed by atoms with Crippen LogP contribution in [0.2, 0.25) is 5.02 Å². The van der Waals surface area contributed by atoms with Crippen LogP contribution in [-0.2, 0) is 16.6 Å². The van der Waals surface area contributed by atoms with Gasteiger partial charge in [0, 0.05) is 5.02 Å². The first-order valence-electron chi connectivity index (χ1n) is 9.63. The molecule has 3 aromatic carbocycles. The number of hydrogen-bond acceptors (Lipinski definition) is 5. The van der Waals surface area contributed by atoms with Crippen LogP contribution in [-0.4, -0.2) is 21.2 Å². The van der Waals surface area contributed by atoms with Crippen LogP contribution in [0.5, 0.6) is 11.5 Å². The molecular weight excluding hydrogens is 436 g/mol. The Labute approximate surface area is 187 Å². The van der Waals surface area contributed by atoms with Crippen molar-refractivity contribution in [3.05, 3.63) is 88.4 Å². The lowest BCUT2D eigenvalue weighted by Gasteiger charge is -2.13. The Kier molecular flexibility index (Phi) is 7.55. The second-order valence-corrected chi connectivity index (χ2v) is 8.82. The van der Waals surface area contributed by atoms with Gasteiger partial charge in [0.25, 0.3) is 10.0 Å². The molecule has 1 N–H and O–H groups in total. The highest BCUT2D eigenvalue weighted by molar-refractivity contribution is 7.89. The molecule has 0 aromatic heterocycles. The molecule has 0 spiro atoms. The zero-order valence-corrected chi connectivity index (χ0v) is 18.8. The fourth-order valence-electron chi connectivity index (χ4n) is 2.72. The molecule has 0 heterocycles. The molecule has 162 valence electrons. The topological polar surface area (TPSA) is 77.0 Å². The third-order valence-electron chi connectivity index (χ3n) is 4.27. The number of halogens is 1. The maximum absolute atomic E-state index is 12.3. The van der Waals surface area contributed by atoms with E-state index in [0.717, 1.165) is 11.1 Å². The molecule has 0 fully saturated rings. The van der Waals surface area contributed by atoms with Crippen molar-refractivity contribution in [2.24, 2.45) is 5.10 Å². The molecule has 3 aromatic rings. The van der Waals surface area contributed by atoms with Crippen LogP contribution in [0.3, 0.4) is 0 Å². The second kappa shape index (κ2) is 10.3. The molecule has 0 aliphatic carbocycles. The molecule has 0 atom stereocenters. The van der Waals surface area contributed by atoms with E-state index >= 15 is 0 Å². The summed E-state index contributed by atoms with van der Waals surface area (Å²) in [6, 6.07) is 19.2. The van der Waals surface area contributed by atoms with Gasteiger partial charge in [-0.1, -0.05) is 41.4 Å². The van der Waals surface area contributed by atoms with Gasteiger partial charge in [-0.3, -0.25) is 0 Å². The molecule has 6 nitrogen and oxygen atoms in total. The Bertz CT molecular complexity index is 1160. The van der Waals surface area contributed by atoms with Crippen molar-refractivity contribution >= 4 is 27.8 Å². The summed E-state index contributed by atoms with van der Waals surface area (Å²) in [5.74, 6) is 1.11. The summed E-state index contributed by atoms with van der Waals surface area (Å²) < 4.78 is 36.2. The van der Waals surface area contributed by atoms with E-state index < -0.39 is 10.0 Å². The maximum atomic E-state index is 12.3. The summed E-state index contributed by atoms with van der Waals surface area (Å²) in [5.41, 5.74) is 2.57. The fourth-order valence-corrected chi connectivity index (χ4v) is 3.72. The Morgan fingerprint density at radius 1 is 1.00 bits per heavy atom. The van der Waals surface area contributed by atoms with Gasteiger partial charge in [0.2, 0.25) is 0 Å². The van der Waals surface area contributed by atoms with Crippen LogP contribution in [0, 0.1) is 6.92 Å². The van der Waals surface area contributed by atoms with Crippen molar-refractivity contribution in [2.75, 3.05) is 6.61 Å². The Morgan fingerprint density at radius 2 is 1.77 bits per heavy atom. The third kappa shape index (κ3) is 6.47. The average Bonchev–Trinajstić information content (AvgIpc) is 2.74. The summed E-state index contributed by atoms with van der Waals surface area (Å²) in [6.07, 6.45) is 1.41. The van der Waals surface area contributed by atoms with Gasteiger partial charge in [0.05, 0.1) is 17.7 Å². The first-order chi connectivity index (χ1) is 14.9. The van der Waals surface area contributed by atoms with Crippen molar-refractivity contribution < 1.29 is 17.9 Å². The van der Waals surface area contributed by atoms with Gasteiger partial charge in [0.15, 0.2) is 11.5 Å². The number of benzene rings is 3. The number of hydrogen-bond donors (Lipinski definition) is 1. The molecule has 0 amide bonds. The van der Waals surface area contributed by atoms with E-state index in [9.17, 15) is 8.42 Å². The van der Waals surface area contributed by atoms with Crippen LogP contribution in [0.15, 0.2) is 76.7 Å². The number of nitrogens with one attached hydrogen (secondary N) is 1. The Balaban J connectivity index is 1.70. The molecule has 0 saturated carbocycles. The predicted octanol–water partition coefficient (Wildman–Crippen LogP) is 4.94. The number of rotatable bonds is 9. The van der Waals surface area contributed by atoms with Crippen LogP contribution in [0.1, 0.15) is 23.6 Å². The highest BCUT2D eigenvalue weighted by atomic mass is 35.5. The molecule has 31 heavy (non-hydrogen) atoms. The minimum Gasteiger partial charge on any atom is -0.490 e. The normalized spacial score (nSPS) is 11.5. The number of nitrogens with zero attached hydrogens (tertiary/aromatic N) is 1. The molecule has 0 bridgehead atoms. The highest BCUT2D eigenvalue weighted by Gasteiger charge is 2.12. The summed E-state index contributed by atoms with van der Waals surface area (Å²) in [7, 11) is -3.73. The SMILES string of the molecule is CCOc1cc(/C=N\NS(=O)(=O)c2ccc(C)cc2)ccc1OCc1cccc(Cl)c1. The molecule has 0 saturated heterocycles. The zero-order valence-electron chi connectivity index (χ0n) is 17.2. The minimum atomic E-state index is -3.73. The first kappa shape index (κ1) is 22.7. The lowest BCUT2D eigenvalue weighted by molar-refractivity contribution is 0.269. The van der Waals surface area contributed by atoms with Crippen LogP contribution >= 0.6 is 11.6 Å². The molecular formula is C23H23ClN2O4S. The van der Waals surface area contributed by atoms with E-state index in [4.69, 9.17) is 21.1 Å². The molecule has 3 rings (SSSR count). The molecule has 8 heteroatoms. The maximum Gasteiger partial charge on any atom is 0.276 e. The predicted molar refractivity (Wildman–Crippen MR) is 122 cm³/mol. The van der Waals surface area contributed by atoms with Crippen molar-refractivity contribution in [1.82, 2.24) is 4.83 Å². The van der Waals surface area contributed by atoms with Crippen LogP contribution in [0.4, 0.5) is 0 Å². The smallest absolute Gasteiger partial charge is 0.276 e. The number of sulfonamides is 1. The van der Waals surface area contributed by atoms with E-state index in [2.05, 4.69) is 9.93 Å². The quantitative estimate of drug-likeness (QED) is 0.364. The van der Waals surface area contributed by atoms with E-state index in [-0.39, 0.29) is 4.90 Å². The summed E-state index contributed by atoms with van der Waals surface area (Å²) in [4.78, 5) is 2.37. The molecule has 0 radical (unpaired) electrons. The number of aryl methyl sites for hydroxylation is 1. The summed E-state index contributed by atoms with van der Waals surface area (Å²) in [5, 5.41) is 4.52. The lowest BCUT2D eigenvalue weighted by Crippen LogP contribution is -2.18. The van der Waals surface area contributed by atoms with Crippen molar-refractivity contribution in [1.29, 1.82) is 0 Å². The number of hydrazone groups is 1. The first-order valence-corrected chi connectivity index (χ1v) is 11.5. The number of ether oxygens (including phenoxy) is 2. The van der Waals surface area contributed by atoms with Crippen molar-refractivity contribution in [3.63, 3.8) is 0 Å². The molecule has 0 unspecified atom stereocenters. The van der Waals surface area contributed by atoms with E-state index in [0.29, 0.717) is 35.3 Å². The Morgan fingerprint density at radius 3 is 2.48 bits per heavy atom. The van der Waals surface area contributed by atoms with Crippen LogP contribution in [0.25, 0.3) is 0 Å². The van der Waals surface area contributed by atoms with E-state index in [1.54, 1.807) is 36.4 Å².